The molecule has 3 nitrogen and oxygen atoms in total. The molecule has 11 rings (SSSR count). The van der Waals surface area contributed by atoms with Gasteiger partial charge in [-0.05, 0) is 78.6 Å². The van der Waals surface area contributed by atoms with E-state index in [1.807, 2.05) is 6.07 Å². The highest BCUT2D eigenvalue weighted by Crippen LogP contribution is 2.42. The first kappa shape index (κ1) is 28.3. The van der Waals surface area contributed by atoms with Crippen LogP contribution in [0.2, 0.25) is 0 Å². The van der Waals surface area contributed by atoms with E-state index in [-0.39, 0.29) is 0 Å². The minimum Gasteiger partial charge on any atom is -0.455 e. The van der Waals surface area contributed by atoms with Crippen LogP contribution in [0.3, 0.4) is 0 Å². The lowest BCUT2D eigenvalue weighted by Gasteiger charge is -2.14. The Labute approximate surface area is 294 Å². The van der Waals surface area contributed by atoms with Crippen LogP contribution in [0.15, 0.2) is 174 Å². The molecule has 0 saturated carbocycles. The number of para-hydroxylation sites is 5. The van der Waals surface area contributed by atoms with Gasteiger partial charge in [-0.25, -0.2) is 0 Å². The first-order valence-corrected chi connectivity index (χ1v) is 17.8. The summed E-state index contributed by atoms with van der Waals surface area (Å²) in [6.45, 7) is 0. The van der Waals surface area contributed by atoms with Gasteiger partial charge >= 0.3 is 0 Å². The van der Waals surface area contributed by atoms with E-state index in [1.165, 1.54) is 60.4 Å². The fraction of sp³-hybridized carbons (Fsp3) is 0.0417. The monoisotopic (exact) mass is 652 g/mol. The average Bonchev–Trinajstić information content (AvgIpc) is 3.85. The molecule has 1 aliphatic carbocycles. The molecule has 3 heteroatoms. The zero-order valence-corrected chi connectivity index (χ0v) is 27.9. The fourth-order valence-corrected chi connectivity index (χ4v) is 8.46. The highest BCUT2D eigenvalue weighted by Gasteiger charge is 2.20. The van der Waals surface area contributed by atoms with Gasteiger partial charge in [-0.15, -0.1) is 0 Å². The Morgan fingerprint density at radius 1 is 0.431 bits per heavy atom. The molecule has 10 aromatic rings. The lowest BCUT2D eigenvalue weighted by atomic mass is 10.00. The van der Waals surface area contributed by atoms with Gasteiger partial charge in [-0.2, -0.15) is 0 Å². The summed E-state index contributed by atoms with van der Waals surface area (Å²) in [5.41, 5.74) is 13.7. The zero-order chi connectivity index (χ0) is 33.5. The second-order valence-corrected chi connectivity index (χ2v) is 13.6. The second kappa shape index (κ2) is 11.0. The predicted molar refractivity (Wildman–Crippen MR) is 215 cm³/mol. The van der Waals surface area contributed by atoms with Gasteiger partial charge in [0.25, 0.3) is 0 Å². The molecule has 0 spiro atoms. The van der Waals surface area contributed by atoms with Crippen molar-refractivity contribution >= 4 is 71.2 Å². The minimum atomic E-state index is 0.910. The van der Waals surface area contributed by atoms with E-state index in [2.05, 4.69) is 173 Å². The van der Waals surface area contributed by atoms with Crippen LogP contribution in [0.5, 0.6) is 0 Å². The third-order valence-corrected chi connectivity index (χ3v) is 10.8. The molecule has 0 aliphatic heterocycles. The number of hydrogen-bond acceptors (Lipinski definition) is 1. The molecule has 3 aromatic heterocycles. The van der Waals surface area contributed by atoms with Crippen molar-refractivity contribution in [2.45, 2.75) is 12.8 Å². The summed E-state index contributed by atoms with van der Waals surface area (Å²) in [6, 6.07) is 55.0. The topological polar surface area (TPSA) is 23.0 Å². The van der Waals surface area contributed by atoms with E-state index in [4.69, 9.17) is 4.42 Å². The summed E-state index contributed by atoms with van der Waals surface area (Å²) in [6.07, 6.45) is 9.09. The smallest absolute Gasteiger partial charge is 0.143 e. The van der Waals surface area contributed by atoms with Crippen molar-refractivity contribution < 1.29 is 4.42 Å². The Balaban J connectivity index is 1.11. The Hall–Kier alpha value is -6.58. The number of furan rings is 1. The number of allylic oxidation sites excluding steroid dienone is 4. The maximum Gasteiger partial charge on any atom is 0.143 e. The Morgan fingerprint density at radius 3 is 1.76 bits per heavy atom. The molecule has 0 unspecified atom stereocenters. The molecule has 7 aromatic carbocycles. The third-order valence-electron chi connectivity index (χ3n) is 10.8. The highest BCUT2D eigenvalue weighted by atomic mass is 16.3. The van der Waals surface area contributed by atoms with Crippen molar-refractivity contribution in [3.63, 3.8) is 0 Å². The SMILES string of the molecule is C1=CC(n2c3ccccc3c3cc(-c4ccc5c(c4)c4ccccc4n5-c4ccccc4-c4cccc5c4oc4ccccc45)ccc32)=CCC1. The lowest BCUT2D eigenvalue weighted by Crippen LogP contribution is -1.97. The molecule has 0 atom stereocenters. The molecule has 0 saturated heterocycles. The summed E-state index contributed by atoms with van der Waals surface area (Å²) in [5, 5.41) is 7.31. The summed E-state index contributed by atoms with van der Waals surface area (Å²) < 4.78 is 11.4. The molecule has 3 heterocycles. The molecule has 0 bridgehead atoms. The minimum absolute atomic E-state index is 0.910. The van der Waals surface area contributed by atoms with Gasteiger partial charge in [-0.1, -0.05) is 115 Å². The predicted octanol–water partition coefficient (Wildman–Crippen LogP) is 13.3. The van der Waals surface area contributed by atoms with Crippen molar-refractivity contribution in [1.82, 2.24) is 9.13 Å². The third kappa shape index (κ3) is 4.18. The van der Waals surface area contributed by atoms with Crippen LogP contribution in [-0.4, -0.2) is 9.13 Å². The van der Waals surface area contributed by atoms with E-state index in [0.717, 1.165) is 51.6 Å². The van der Waals surface area contributed by atoms with Gasteiger partial charge in [0, 0.05) is 49.1 Å². The van der Waals surface area contributed by atoms with Gasteiger partial charge in [0.05, 0.1) is 27.8 Å². The molecule has 0 amide bonds. The van der Waals surface area contributed by atoms with Crippen LogP contribution in [0.4, 0.5) is 0 Å². The van der Waals surface area contributed by atoms with Crippen LogP contribution in [0, 0.1) is 0 Å². The van der Waals surface area contributed by atoms with E-state index in [9.17, 15) is 0 Å². The maximum atomic E-state index is 6.53. The molecular weight excluding hydrogens is 621 g/mol. The van der Waals surface area contributed by atoms with Gasteiger partial charge in [0.1, 0.15) is 11.2 Å². The quantitative estimate of drug-likeness (QED) is 0.186. The molecule has 51 heavy (non-hydrogen) atoms. The van der Waals surface area contributed by atoms with Crippen LogP contribution >= 0.6 is 0 Å². The van der Waals surface area contributed by atoms with Crippen molar-refractivity contribution in [3.05, 3.63) is 170 Å². The summed E-state index contributed by atoms with van der Waals surface area (Å²) in [4.78, 5) is 0. The fourth-order valence-electron chi connectivity index (χ4n) is 8.46. The molecule has 1 aliphatic rings. The van der Waals surface area contributed by atoms with Crippen molar-refractivity contribution in [3.8, 4) is 27.9 Å². The number of rotatable bonds is 4. The van der Waals surface area contributed by atoms with Gasteiger partial charge in [-0.3, -0.25) is 0 Å². The first-order chi connectivity index (χ1) is 25.3. The Morgan fingerprint density at radius 2 is 1.02 bits per heavy atom. The molecule has 0 radical (unpaired) electrons. The van der Waals surface area contributed by atoms with E-state index < -0.39 is 0 Å². The largest absolute Gasteiger partial charge is 0.455 e. The number of aromatic nitrogens is 2. The number of nitrogens with zero attached hydrogens (tertiary/aromatic N) is 2. The first-order valence-electron chi connectivity index (χ1n) is 17.8. The lowest BCUT2D eigenvalue weighted by molar-refractivity contribution is 0.670. The van der Waals surface area contributed by atoms with Crippen LogP contribution in [-0.2, 0) is 0 Å². The standard InChI is InChI=1S/C48H32N2O/c1-2-13-33(14-3-1)49-42-21-8-5-16-35(42)40-29-31(25-27-45(40)49)32-26-28-46-41(30-32)36-17-6-10-23-44(36)50(46)43-22-9-4-15-34(43)38-19-12-20-39-37-18-7-11-24-47(37)51-48(38)39/h2,4-30H,1,3H2. The van der Waals surface area contributed by atoms with Crippen LogP contribution in [0.25, 0.3) is 99.2 Å². The van der Waals surface area contributed by atoms with Gasteiger partial charge in [0.15, 0.2) is 0 Å². The van der Waals surface area contributed by atoms with Crippen molar-refractivity contribution in [2.75, 3.05) is 0 Å². The van der Waals surface area contributed by atoms with Gasteiger partial charge < -0.3 is 13.6 Å². The van der Waals surface area contributed by atoms with Crippen molar-refractivity contribution in [1.29, 1.82) is 0 Å². The number of benzene rings is 7. The molecule has 0 N–H and O–H groups in total. The van der Waals surface area contributed by atoms with Crippen LogP contribution in [0.1, 0.15) is 12.8 Å². The summed E-state index contributed by atoms with van der Waals surface area (Å²) in [5.74, 6) is 0. The summed E-state index contributed by atoms with van der Waals surface area (Å²) >= 11 is 0. The Kier molecular flexibility index (Phi) is 6.08. The van der Waals surface area contributed by atoms with E-state index in [1.54, 1.807) is 0 Å². The van der Waals surface area contributed by atoms with Crippen molar-refractivity contribution in [2.24, 2.45) is 0 Å². The molecule has 0 fully saturated rings. The molecule has 240 valence electrons. The van der Waals surface area contributed by atoms with E-state index >= 15 is 0 Å². The highest BCUT2D eigenvalue weighted by molar-refractivity contribution is 6.14. The number of fused-ring (bicyclic) bond motifs is 9. The second-order valence-electron chi connectivity index (χ2n) is 13.6. The molecular formula is C48H32N2O. The zero-order valence-electron chi connectivity index (χ0n) is 27.9. The Bertz CT molecular complexity index is 3090. The summed E-state index contributed by atoms with van der Waals surface area (Å²) in [7, 11) is 0. The van der Waals surface area contributed by atoms with E-state index in [0.29, 0.717) is 0 Å². The normalized spacial score (nSPS) is 13.4. The van der Waals surface area contributed by atoms with Gasteiger partial charge in [0.2, 0.25) is 0 Å². The average molecular weight is 653 g/mol. The number of hydrogen-bond donors (Lipinski definition) is 0. The maximum absolute atomic E-state index is 6.53. The van der Waals surface area contributed by atoms with Crippen LogP contribution < -0.4 is 0 Å².